The molecule has 2 aromatic carbocycles. The molecule has 3 aromatic rings. The third kappa shape index (κ3) is 3.36. The summed E-state index contributed by atoms with van der Waals surface area (Å²) in [5.41, 5.74) is 5.70. The third-order valence-corrected chi connectivity index (χ3v) is 4.54. The lowest BCUT2D eigenvalue weighted by Gasteiger charge is -2.08. The van der Waals surface area contributed by atoms with E-state index in [-0.39, 0.29) is 0 Å². The summed E-state index contributed by atoms with van der Waals surface area (Å²) in [5, 5.41) is 0. The van der Waals surface area contributed by atoms with Gasteiger partial charge in [0.2, 0.25) is 0 Å². The summed E-state index contributed by atoms with van der Waals surface area (Å²) in [6, 6.07) is 17.1. The van der Waals surface area contributed by atoms with Gasteiger partial charge in [-0.3, -0.25) is 0 Å². The van der Waals surface area contributed by atoms with E-state index in [9.17, 15) is 0 Å². The molecule has 24 heavy (non-hydrogen) atoms. The van der Waals surface area contributed by atoms with Gasteiger partial charge in [0.1, 0.15) is 0 Å². The molecule has 0 fully saturated rings. The van der Waals surface area contributed by atoms with Crippen molar-refractivity contribution < 1.29 is 4.42 Å². The first kappa shape index (κ1) is 16.7. The fourth-order valence-electron chi connectivity index (χ4n) is 2.79. The molecule has 0 aliphatic carbocycles. The number of aromatic amines is 1. The zero-order chi connectivity index (χ0) is 17.3. The molecule has 0 saturated heterocycles. The number of nitrogens with one attached hydrogen (secondary N) is 1. The van der Waals surface area contributed by atoms with E-state index in [1.54, 1.807) is 0 Å². The molecule has 0 aliphatic rings. The zero-order valence-electron chi connectivity index (χ0n) is 14.6. The Hall–Kier alpha value is -2.13. The smallest absolute Gasteiger partial charge is 0.266 e. The summed E-state index contributed by atoms with van der Waals surface area (Å²) in [7, 11) is 0. The Bertz CT molecular complexity index is 795. The second-order valence-electron chi connectivity index (χ2n) is 6.77. The predicted molar refractivity (Wildman–Crippen MR) is 103 cm³/mol. The molecule has 0 spiro atoms. The minimum absolute atomic E-state index is 0.404. The molecule has 3 heteroatoms. The van der Waals surface area contributed by atoms with Crippen LogP contribution in [-0.2, 0) is 0 Å². The van der Waals surface area contributed by atoms with Crippen molar-refractivity contribution in [3.05, 3.63) is 64.5 Å². The molecule has 1 aromatic heterocycles. The van der Waals surface area contributed by atoms with Gasteiger partial charge in [0.25, 0.3) is 4.84 Å². The Kier molecular flexibility index (Phi) is 4.72. The molecular weight excluding hydrogens is 314 g/mol. The first-order chi connectivity index (χ1) is 11.5. The monoisotopic (exact) mass is 337 g/mol. The molecule has 3 rings (SSSR count). The Morgan fingerprint density at radius 1 is 0.750 bits per heavy atom. The lowest BCUT2D eigenvalue weighted by atomic mass is 9.98. The molecule has 0 bridgehead atoms. The van der Waals surface area contributed by atoms with E-state index in [4.69, 9.17) is 16.6 Å². The number of aromatic nitrogens is 1. The Morgan fingerprint density at radius 3 is 1.67 bits per heavy atom. The molecule has 1 N–H and O–H groups in total. The van der Waals surface area contributed by atoms with E-state index in [0.717, 1.165) is 22.6 Å². The molecular formula is C21H23NOS. The lowest BCUT2D eigenvalue weighted by molar-refractivity contribution is 0.554. The van der Waals surface area contributed by atoms with Gasteiger partial charge in [-0.25, -0.2) is 0 Å². The zero-order valence-corrected chi connectivity index (χ0v) is 15.4. The summed E-state index contributed by atoms with van der Waals surface area (Å²) in [6.45, 7) is 8.78. The standard InChI is InChI=1S/C21H23NOS/c1-13(2)15-5-9-17(10-6-15)19-20(23-21(24)22-19)18-11-7-16(8-12-18)14(3)4/h5-14H,1-4H3,(H,22,24). The molecule has 0 aliphatic heterocycles. The van der Waals surface area contributed by atoms with Crippen molar-refractivity contribution in [2.75, 3.05) is 0 Å². The van der Waals surface area contributed by atoms with Crippen LogP contribution in [0.5, 0.6) is 0 Å². The van der Waals surface area contributed by atoms with Gasteiger partial charge in [-0.15, -0.1) is 0 Å². The van der Waals surface area contributed by atoms with Crippen LogP contribution in [0.3, 0.4) is 0 Å². The Morgan fingerprint density at radius 2 is 1.21 bits per heavy atom. The Balaban J connectivity index is 2.03. The number of H-pyrrole nitrogens is 1. The van der Waals surface area contributed by atoms with Crippen LogP contribution in [0, 0.1) is 4.84 Å². The normalized spacial score (nSPS) is 11.4. The molecule has 1 heterocycles. The maximum atomic E-state index is 5.79. The minimum atomic E-state index is 0.404. The highest BCUT2D eigenvalue weighted by Crippen LogP contribution is 2.33. The van der Waals surface area contributed by atoms with Crippen molar-refractivity contribution in [1.82, 2.24) is 4.98 Å². The van der Waals surface area contributed by atoms with Crippen molar-refractivity contribution >= 4 is 12.2 Å². The summed E-state index contributed by atoms with van der Waals surface area (Å²) in [4.78, 5) is 3.60. The van der Waals surface area contributed by atoms with Gasteiger partial charge >= 0.3 is 0 Å². The first-order valence-electron chi connectivity index (χ1n) is 8.39. The van der Waals surface area contributed by atoms with Gasteiger partial charge in [-0.1, -0.05) is 76.2 Å². The van der Waals surface area contributed by atoms with Gasteiger partial charge < -0.3 is 9.40 Å². The number of rotatable bonds is 4. The average molecular weight is 337 g/mol. The van der Waals surface area contributed by atoms with E-state index >= 15 is 0 Å². The van der Waals surface area contributed by atoms with Crippen LogP contribution in [0.2, 0.25) is 0 Å². The van der Waals surface area contributed by atoms with Crippen LogP contribution in [0.25, 0.3) is 22.6 Å². The number of oxazole rings is 1. The lowest BCUT2D eigenvalue weighted by Crippen LogP contribution is -1.89. The van der Waals surface area contributed by atoms with Gasteiger partial charge in [0.15, 0.2) is 5.76 Å². The van der Waals surface area contributed by atoms with Crippen LogP contribution >= 0.6 is 12.2 Å². The second-order valence-corrected chi connectivity index (χ2v) is 7.14. The van der Waals surface area contributed by atoms with Gasteiger partial charge in [-0.2, -0.15) is 0 Å². The van der Waals surface area contributed by atoms with Crippen molar-refractivity contribution in [1.29, 1.82) is 0 Å². The van der Waals surface area contributed by atoms with Crippen LogP contribution in [0.1, 0.15) is 50.7 Å². The van der Waals surface area contributed by atoms with Gasteiger partial charge in [0.05, 0.1) is 5.69 Å². The molecule has 0 radical (unpaired) electrons. The molecule has 0 atom stereocenters. The molecule has 124 valence electrons. The fourth-order valence-corrected chi connectivity index (χ4v) is 2.97. The van der Waals surface area contributed by atoms with Crippen molar-refractivity contribution in [2.45, 2.75) is 39.5 Å². The Labute approximate surface area is 148 Å². The van der Waals surface area contributed by atoms with Crippen LogP contribution < -0.4 is 0 Å². The molecule has 0 amide bonds. The van der Waals surface area contributed by atoms with Gasteiger partial charge in [0, 0.05) is 11.1 Å². The van der Waals surface area contributed by atoms with Crippen LogP contribution in [0.15, 0.2) is 52.9 Å². The summed E-state index contributed by atoms with van der Waals surface area (Å²) in [5.74, 6) is 1.83. The van der Waals surface area contributed by atoms with Crippen molar-refractivity contribution in [3.8, 4) is 22.6 Å². The van der Waals surface area contributed by atoms with E-state index in [1.165, 1.54) is 11.1 Å². The minimum Gasteiger partial charge on any atom is -0.429 e. The number of benzene rings is 2. The summed E-state index contributed by atoms with van der Waals surface area (Å²) >= 11 is 5.23. The highest BCUT2D eigenvalue weighted by Gasteiger charge is 2.14. The van der Waals surface area contributed by atoms with Crippen LogP contribution in [0.4, 0.5) is 0 Å². The maximum Gasteiger partial charge on any atom is 0.266 e. The highest BCUT2D eigenvalue weighted by atomic mass is 32.1. The van der Waals surface area contributed by atoms with E-state index in [2.05, 4.69) is 81.2 Å². The second kappa shape index (κ2) is 6.78. The van der Waals surface area contributed by atoms with E-state index in [0.29, 0.717) is 16.7 Å². The summed E-state index contributed by atoms with van der Waals surface area (Å²) < 4.78 is 5.79. The van der Waals surface area contributed by atoms with Gasteiger partial charge in [-0.05, 0) is 35.2 Å². The molecule has 0 saturated carbocycles. The fraction of sp³-hybridized carbons (Fsp3) is 0.286. The van der Waals surface area contributed by atoms with E-state index in [1.807, 2.05) is 0 Å². The van der Waals surface area contributed by atoms with E-state index < -0.39 is 0 Å². The average Bonchev–Trinajstić information content (AvgIpc) is 2.97. The summed E-state index contributed by atoms with van der Waals surface area (Å²) in [6.07, 6.45) is 0. The van der Waals surface area contributed by atoms with Crippen molar-refractivity contribution in [3.63, 3.8) is 0 Å². The molecule has 0 unspecified atom stereocenters. The number of hydrogen-bond acceptors (Lipinski definition) is 2. The van der Waals surface area contributed by atoms with Crippen LogP contribution in [-0.4, -0.2) is 4.98 Å². The highest BCUT2D eigenvalue weighted by molar-refractivity contribution is 7.71. The first-order valence-corrected chi connectivity index (χ1v) is 8.80. The quantitative estimate of drug-likeness (QED) is 0.524. The SMILES string of the molecule is CC(C)c1ccc(-c2[nH]c(=S)oc2-c2ccc(C(C)C)cc2)cc1. The number of hydrogen-bond donors (Lipinski definition) is 1. The molecule has 2 nitrogen and oxygen atoms in total. The third-order valence-electron chi connectivity index (χ3n) is 4.35. The largest absolute Gasteiger partial charge is 0.429 e. The van der Waals surface area contributed by atoms with Crippen molar-refractivity contribution in [2.24, 2.45) is 0 Å². The topological polar surface area (TPSA) is 28.9 Å². The predicted octanol–water partition coefficient (Wildman–Crippen LogP) is 6.92. The maximum absolute atomic E-state index is 5.79.